The highest BCUT2D eigenvalue weighted by Gasteiger charge is 2.53. The Balaban J connectivity index is 0.000000323. The number of fused-ring (bicyclic) bond motifs is 3. The van der Waals surface area contributed by atoms with Crippen LogP contribution in [-0.2, 0) is 51.8 Å². The van der Waals surface area contributed by atoms with Crippen LogP contribution in [0.3, 0.4) is 0 Å². The van der Waals surface area contributed by atoms with Crippen molar-refractivity contribution in [2.45, 2.75) is 82.1 Å². The molecule has 3 fully saturated rings. The number of halogens is 1. The Labute approximate surface area is 436 Å². The van der Waals surface area contributed by atoms with Crippen LogP contribution in [0.4, 0.5) is 21.4 Å². The van der Waals surface area contributed by atoms with Crippen molar-refractivity contribution in [3.05, 3.63) is 79.5 Å². The maximum absolute atomic E-state index is 13.5. The number of aromatic hydroxyl groups is 1. The van der Waals surface area contributed by atoms with E-state index in [1.165, 1.54) is 41.4 Å². The Hall–Kier alpha value is -7.43. The van der Waals surface area contributed by atoms with Crippen LogP contribution in [0.5, 0.6) is 5.75 Å². The molecule has 0 aliphatic carbocycles. The van der Waals surface area contributed by atoms with Crippen molar-refractivity contribution in [1.29, 1.82) is 0 Å². The van der Waals surface area contributed by atoms with Crippen LogP contribution in [0, 0.1) is 5.92 Å². The molecule has 30 nitrogen and oxygen atoms in total. The SMILES string of the molecule is CC(C)(O/N=C(\C(=O)C[C@@H]1C(=O)N2C(C(=O)[O-])=C(C[n+]3cnc(N)c(NCCCC(=O)c4cc(=O)c(O)cn4O)c3)CS[C@H]12)c1nc(N)sc1Cl)C(=O)O.NCc1cc([C@@H]2CCC3CN2C(=O)N3OS(=O)(=O)O)no1. The minimum Gasteiger partial charge on any atom is -0.543 e. The number of carbonyl (C=O) groups is 6. The third kappa shape index (κ3) is 12.2. The number of aromatic nitrogens is 5. The number of urea groups is 1. The van der Waals surface area contributed by atoms with Crippen molar-refractivity contribution in [2.75, 3.05) is 35.6 Å². The summed E-state index contributed by atoms with van der Waals surface area (Å²) < 4.78 is 41.6. The molecule has 0 spiro atoms. The number of thioether (sulfide) groups is 1. The normalized spacial score (nSPS) is 19.5. The monoisotopic (exact) mass is 1120 g/mol. The van der Waals surface area contributed by atoms with E-state index in [2.05, 4.69) is 29.9 Å². The first-order valence-corrected chi connectivity index (χ1v) is 25.7. The molecule has 1 unspecified atom stereocenters. The summed E-state index contributed by atoms with van der Waals surface area (Å²) in [6.45, 7) is 3.08. The number of nitrogens with two attached hydrogens (primary N) is 3. The van der Waals surface area contributed by atoms with Crippen molar-refractivity contribution in [3.63, 3.8) is 0 Å². The lowest BCUT2D eigenvalue weighted by Gasteiger charge is -2.50. The molecule has 402 valence electrons. The van der Waals surface area contributed by atoms with Crippen molar-refractivity contribution in [1.82, 2.24) is 34.7 Å². The Morgan fingerprint density at radius 3 is 2.53 bits per heavy atom. The lowest BCUT2D eigenvalue weighted by Crippen LogP contribution is -2.63. The number of hydroxylamine groups is 2. The van der Waals surface area contributed by atoms with E-state index in [0.29, 0.717) is 51.9 Å². The second-order valence-electron chi connectivity index (χ2n) is 17.4. The number of anilines is 3. The zero-order valence-electron chi connectivity index (χ0n) is 39.2. The quantitative estimate of drug-likeness (QED) is 0.00801. The van der Waals surface area contributed by atoms with E-state index < -0.39 is 92.1 Å². The maximum atomic E-state index is 13.5. The van der Waals surface area contributed by atoms with Gasteiger partial charge in [-0.15, -0.1) is 16.0 Å². The molecule has 4 aliphatic rings. The molecule has 3 amide bonds. The summed E-state index contributed by atoms with van der Waals surface area (Å²) in [5.74, 6) is -5.95. The Kier molecular flexibility index (Phi) is 16.4. The molecule has 75 heavy (non-hydrogen) atoms. The fourth-order valence-corrected chi connectivity index (χ4v) is 10.8. The van der Waals surface area contributed by atoms with Gasteiger partial charge in [-0.25, -0.2) is 19.1 Å². The van der Waals surface area contributed by atoms with Gasteiger partial charge >= 0.3 is 22.4 Å². The number of carboxylic acid groups (broad SMARTS) is 2. The van der Waals surface area contributed by atoms with E-state index in [4.69, 9.17) is 42.7 Å². The fraction of sp³-hybridized carbons (Fsp3) is 0.415. The zero-order valence-corrected chi connectivity index (χ0v) is 42.4. The number of piperidine rings is 1. The molecule has 0 saturated carbocycles. The van der Waals surface area contributed by atoms with Crippen LogP contribution in [0.2, 0.25) is 4.34 Å². The topological polar surface area (TPSA) is 449 Å². The number of aliphatic carboxylic acids is 2. The number of oxime groups is 1. The van der Waals surface area contributed by atoms with Crippen molar-refractivity contribution in [3.8, 4) is 5.75 Å². The van der Waals surface area contributed by atoms with E-state index in [-0.39, 0.29) is 76.6 Å². The van der Waals surface area contributed by atoms with Gasteiger partial charge in [0.25, 0.3) is 12.1 Å². The molecule has 8 rings (SSSR count). The molecular formula is C41H46ClN13O17S3. The molecule has 4 atom stereocenters. The number of thiazole rings is 1. The Bertz CT molecular complexity index is 3200. The lowest BCUT2D eigenvalue weighted by molar-refractivity contribution is -0.691. The van der Waals surface area contributed by atoms with Gasteiger partial charge in [-0.2, -0.15) is 18.2 Å². The van der Waals surface area contributed by atoms with Crippen molar-refractivity contribution < 1.29 is 80.5 Å². The Morgan fingerprint density at radius 2 is 1.89 bits per heavy atom. The van der Waals surface area contributed by atoms with Crippen LogP contribution < -0.4 is 37.6 Å². The first kappa shape index (κ1) is 55.3. The van der Waals surface area contributed by atoms with Gasteiger partial charge in [-0.3, -0.25) is 28.6 Å². The highest BCUT2D eigenvalue weighted by atomic mass is 35.5. The number of carboxylic acids is 2. The van der Waals surface area contributed by atoms with Gasteiger partial charge in [0.1, 0.15) is 39.8 Å². The smallest absolute Gasteiger partial charge is 0.418 e. The molecule has 0 radical (unpaired) electrons. The minimum absolute atomic E-state index is 0.00429. The summed E-state index contributed by atoms with van der Waals surface area (Å²) in [5, 5.41) is 51.6. The second-order valence-corrected chi connectivity index (χ2v) is 21.1. The summed E-state index contributed by atoms with van der Waals surface area (Å²) in [5.41, 5.74) is 14.5. The third-order valence-electron chi connectivity index (χ3n) is 11.8. The molecule has 4 aromatic heterocycles. The van der Waals surface area contributed by atoms with Crippen molar-refractivity contribution in [2.24, 2.45) is 16.8 Å². The standard InChI is InChI=1S/C31H32ClN9O11S2.C10H14N4O6S/c1-31(2,29(49)50)52-38-21(22-24(32)54-30(34)37-22)19(44)6-14-26(46)41-23(28(47)48)13(11-53-27(14)41)8-39-9-15(25(33)36-12-39)35-5-3-4-17(42)16-7-18(43)20(45)10-40(16)51;11-4-7-3-8(12-19-7)9-2-1-6-5-13(9)10(15)14(6)20-21(16,17)18/h7,9-10,12,14,27,33,35,51H,3-6,8,11H2,1-2H3,(H5,34,37,45,47,48,49,50);3,6,9H,1-2,4-5,11H2,(H,16,17,18)/b38-21+;/t14-,27-;6?,9-/m10/s1. The van der Waals surface area contributed by atoms with Gasteiger partial charge in [0, 0.05) is 49.4 Å². The summed E-state index contributed by atoms with van der Waals surface area (Å²) in [7, 11) is -4.73. The number of nitrogens with zero attached hydrogens (tertiary/aromatic N) is 9. The molecule has 4 aliphatic heterocycles. The second kappa shape index (κ2) is 22.2. The number of pyridine rings is 1. The predicted molar refractivity (Wildman–Crippen MR) is 256 cm³/mol. The predicted octanol–water partition coefficient (Wildman–Crippen LogP) is -0.590. The van der Waals surface area contributed by atoms with Gasteiger partial charge in [0.05, 0.1) is 47.8 Å². The summed E-state index contributed by atoms with van der Waals surface area (Å²) >= 11 is 8.27. The number of ketones is 2. The number of carbonyl (C=O) groups excluding carboxylic acids is 5. The van der Waals surface area contributed by atoms with E-state index in [1.54, 1.807) is 12.3 Å². The number of nitrogen functional groups attached to an aromatic ring is 2. The highest BCUT2D eigenvalue weighted by molar-refractivity contribution is 8.00. The maximum Gasteiger partial charge on any atom is 0.418 e. The first-order chi connectivity index (χ1) is 35.3. The number of β-lactam (4-membered cyclic amide) rings is 1. The van der Waals surface area contributed by atoms with Crippen LogP contribution in [0.15, 0.2) is 56.6 Å². The molecular weight excluding hydrogens is 1080 g/mol. The van der Waals surface area contributed by atoms with E-state index in [0.717, 1.165) is 28.5 Å². The summed E-state index contributed by atoms with van der Waals surface area (Å²) in [6, 6.07) is 1.12. The summed E-state index contributed by atoms with van der Waals surface area (Å²) in [6.07, 6.45) is 4.44. The van der Waals surface area contributed by atoms with Gasteiger partial charge in [-0.1, -0.05) is 33.3 Å². The molecule has 34 heteroatoms. The molecule has 8 heterocycles. The van der Waals surface area contributed by atoms with E-state index >= 15 is 0 Å². The number of hydrogen-bond donors (Lipinski definition) is 8. The molecule has 3 saturated heterocycles. The zero-order chi connectivity index (χ0) is 54.8. The van der Waals surface area contributed by atoms with Gasteiger partial charge in [0.2, 0.25) is 16.9 Å². The van der Waals surface area contributed by atoms with Crippen molar-refractivity contribution >= 4 is 103 Å². The van der Waals surface area contributed by atoms with E-state index in [9.17, 15) is 62.5 Å². The minimum atomic E-state index is -4.73. The number of hydrogen-bond acceptors (Lipinski definition) is 25. The van der Waals surface area contributed by atoms with Crippen LogP contribution >= 0.6 is 34.7 Å². The van der Waals surface area contributed by atoms with Crippen LogP contribution in [0.25, 0.3) is 0 Å². The summed E-state index contributed by atoms with van der Waals surface area (Å²) in [4.78, 5) is 103. The largest absolute Gasteiger partial charge is 0.543 e. The number of rotatable bonds is 20. The first-order valence-electron chi connectivity index (χ1n) is 22.1. The van der Waals surface area contributed by atoms with Crippen LogP contribution in [0.1, 0.15) is 79.6 Å². The molecule has 0 aromatic carbocycles. The highest BCUT2D eigenvalue weighted by Crippen LogP contribution is 2.45. The van der Waals surface area contributed by atoms with E-state index in [1.807, 2.05) is 0 Å². The molecule has 2 bridgehead atoms. The molecule has 4 aromatic rings. The van der Waals surface area contributed by atoms with Gasteiger partial charge in [0.15, 0.2) is 33.9 Å². The fourth-order valence-electron chi connectivity index (χ4n) is 8.07. The number of nitrogens with one attached hydrogen (secondary N) is 1. The third-order valence-corrected chi connectivity index (χ3v) is 14.7. The lowest BCUT2D eigenvalue weighted by atomic mass is 9.89. The number of amides is 3. The van der Waals surface area contributed by atoms with Gasteiger partial charge in [-0.05, 0) is 38.1 Å². The average molecular weight is 1120 g/mol. The number of Topliss-reactive ketones (excluding diaryl/α,β-unsaturated/α-hetero) is 2. The van der Waals surface area contributed by atoms with Gasteiger partial charge < -0.3 is 62.1 Å². The average Bonchev–Trinajstić information content (AvgIpc) is 4.03. The van der Waals surface area contributed by atoms with Crippen LogP contribution in [-0.4, -0.2) is 140 Å². The molecule has 11 N–H and O–H groups in total. The Morgan fingerprint density at radius 1 is 1.16 bits per heavy atom.